The molecular weight excluding hydrogens is 316 g/mol. The monoisotopic (exact) mass is 334 g/mol. The van der Waals surface area contributed by atoms with Gasteiger partial charge in [0.1, 0.15) is 14.1 Å². The van der Waals surface area contributed by atoms with Gasteiger partial charge in [-0.2, -0.15) is 0 Å². The molecule has 2 heterocycles. The number of pyridine rings is 2. The van der Waals surface area contributed by atoms with Gasteiger partial charge in [-0.1, -0.05) is 48.5 Å². The maximum atomic E-state index is 2.27. The molecule has 4 aromatic carbocycles. The van der Waals surface area contributed by atoms with Gasteiger partial charge >= 0.3 is 0 Å². The minimum absolute atomic E-state index is 1.32. The number of aryl methyl sites for hydroxylation is 2. The highest BCUT2D eigenvalue weighted by Gasteiger charge is 2.21. The van der Waals surface area contributed by atoms with E-state index in [1.807, 2.05) is 0 Å². The molecule has 122 valence electrons. The highest BCUT2D eigenvalue weighted by Crippen LogP contribution is 2.42. The van der Waals surface area contributed by atoms with E-state index in [1.165, 1.54) is 53.9 Å². The molecule has 2 aromatic heterocycles. The fourth-order valence-electron chi connectivity index (χ4n) is 4.70. The average molecular weight is 334 g/mol. The maximum absolute atomic E-state index is 2.27. The van der Waals surface area contributed by atoms with Crippen molar-refractivity contribution in [2.45, 2.75) is 0 Å². The number of fused-ring (bicyclic) bond motifs is 6. The number of aromatic nitrogens is 2. The molecule has 0 atom stereocenters. The van der Waals surface area contributed by atoms with E-state index in [-0.39, 0.29) is 0 Å². The highest BCUT2D eigenvalue weighted by molar-refractivity contribution is 6.39. The van der Waals surface area contributed by atoms with Gasteiger partial charge in [0.05, 0.1) is 21.5 Å². The standard InChI is InChI=1S/C24H18N2/c1-25-11-19-15-7-3-5-9-17(15)21-13-26(2)14-22-18-10-6-4-8-16(18)20(12-25)23(19)24(21)22/h3-14H,1-2H3/q+2. The molecule has 6 aromatic rings. The van der Waals surface area contributed by atoms with Crippen molar-refractivity contribution in [2.24, 2.45) is 14.1 Å². The van der Waals surface area contributed by atoms with Crippen molar-refractivity contribution >= 4 is 53.9 Å². The molecule has 0 radical (unpaired) electrons. The van der Waals surface area contributed by atoms with Crippen LogP contribution in [0.25, 0.3) is 53.9 Å². The Bertz CT molecular complexity index is 1270. The zero-order chi connectivity index (χ0) is 17.4. The molecule has 0 spiro atoms. The van der Waals surface area contributed by atoms with Gasteiger partial charge in [0.2, 0.25) is 0 Å². The lowest BCUT2D eigenvalue weighted by Crippen LogP contribution is -2.28. The van der Waals surface area contributed by atoms with Crippen molar-refractivity contribution in [3.05, 3.63) is 73.3 Å². The zero-order valence-electron chi connectivity index (χ0n) is 14.8. The molecule has 0 saturated heterocycles. The van der Waals surface area contributed by atoms with E-state index in [2.05, 4.69) is 96.5 Å². The summed E-state index contributed by atoms with van der Waals surface area (Å²) in [5.41, 5.74) is 0. The lowest BCUT2D eigenvalue weighted by Gasteiger charge is -2.14. The first kappa shape index (κ1) is 14.0. The van der Waals surface area contributed by atoms with Gasteiger partial charge in [0.25, 0.3) is 0 Å². The second kappa shape index (κ2) is 4.67. The molecule has 6 rings (SSSR count). The molecule has 2 heteroatoms. The van der Waals surface area contributed by atoms with Gasteiger partial charge in [-0.3, -0.25) is 0 Å². The largest absolute Gasteiger partial charge is 0.207 e. The van der Waals surface area contributed by atoms with Gasteiger partial charge in [-0.25, -0.2) is 9.13 Å². The van der Waals surface area contributed by atoms with Crippen LogP contribution in [-0.4, -0.2) is 0 Å². The second-order valence-corrected chi connectivity index (χ2v) is 7.34. The summed E-state index contributed by atoms with van der Waals surface area (Å²) in [5.74, 6) is 0. The van der Waals surface area contributed by atoms with E-state index >= 15 is 0 Å². The summed E-state index contributed by atoms with van der Waals surface area (Å²) in [6, 6.07) is 17.6. The molecular formula is C24H18N2+2. The minimum Gasteiger partial charge on any atom is -0.207 e. The smallest absolute Gasteiger partial charge is 0.177 e. The van der Waals surface area contributed by atoms with Gasteiger partial charge in [0.15, 0.2) is 24.8 Å². The van der Waals surface area contributed by atoms with Crippen molar-refractivity contribution in [3.63, 3.8) is 0 Å². The third kappa shape index (κ3) is 1.62. The average Bonchev–Trinajstić information content (AvgIpc) is 2.67. The lowest BCUT2D eigenvalue weighted by molar-refractivity contribution is -0.669. The number of hydrogen-bond donors (Lipinski definition) is 0. The van der Waals surface area contributed by atoms with Crippen LogP contribution in [0.3, 0.4) is 0 Å². The predicted molar refractivity (Wildman–Crippen MR) is 108 cm³/mol. The summed E-state index contributed by atoms with van der Waals surface area (Å²) in [7, 11) is 4.25. The minimum atomic E-state index is 1.32. The Morgan fingerprint density at radius 3 is 0.962 bits per heavy atom. The van der Waals surface area contributed by atoms with E-state index in [0.29, 0.717) is 0 Å². The molecule has 0 saturated carbocycles. The fourth-order valence-corrected chi connectivity index (χ4v) is 4.70. The van der Waals surface area contributed by atoms with Gasteiger partial charge in [-0.15, -0.1) is 0 Å². The Balaban J connectivity index is 2.15. The van der Waals surface area contributed by atoms with Crippen LogP contribution in [0, 0.1) is 0 Å². The Kier molecular flexibility index (Phi) is 2.51. The summed E-state index contributed by atoms with van der Waals surface area (Å²) >= 11 is 0. The van der Waals surface area contributed by atoms with E-state index in [0.717, 1.165) is 0 Å². The Morgan fingerprint density at radius 1 is 0.423 bits per heavy atom. The SMILES string of the molecule is C[n+]1cc2c3ccccc3c3c[n+](C)cc4c5ccccc5c(c1)c2c34. The molecule has 0 amide bonds. The number of hydrogen-bond acceptors (Lipinski definition) is 0. The van der Waals surface area contributed by atoms with Crippen LogP contribution in [0.5, 0.6) is 0 Å². The maximum Gasteiger partial charge on any atom is 0.177 e. The van der Waals surface area contributed by atoms with Gasteiger partial charge in [0, 0.05) is 10.8 Å². The number of benzene rings is 4. The van der Waals surface area contributed by atoms with Crippen molar-refractivity contribution in [1.82, 2.24) is 0 Å². The molecule has 0 aliphatic heterocycles. The predicted octanol–water partition coefficient (Wildman–Crippen LogP) is 4.54. The van der Waals surface area contributed by atoms with Gasteiger partial charge < -0.3 is 0 Å². The molecule has 0 unspecified atom stereocenters. The first-order valence-corrected chi connectivity index (χ1v) is 8.99. The van der Waals surface area contributed by atoms with E-state index < -0.39 is 0 Å². The number of rotatable bonds is 0. The first-order valence-electron chi connectivity index (χ1n) is 8.99. The van der Waals surface area contributed by atoms with Crippen LogP contribution in [0.15, 0.2) is 73.3 Å². The fraction of sp³-hybridized carbons (Fsp3) is 0.0833. The van der Waals surface area contributed by atoms with Crippen LogP contribution in [-0.2, 0) is 14.1 Å². The summed E-state index contributed by atoms with van der Waals surface area (Å²) in [6.45, 7) is 0. The zero-order valence-corrected chi connectivity index (χ0v) is 14.8. The van der Waals surface area contributed by atoms with Crippen LogP contribution in [0.2, 0.25) is 0 Å². The van der Waals surface area contributed by atoms with Crippen molar-refractivity contribution in [3.8, 4) is 0 Å². The molecule has 0 N–H and O–H groups in total. The molecule has 0 fully saturated rings. The molecule has 2 nitrogen and oxygen atoms in total. The molecule has 0 bridgehead atoms. The molecule has 26 heavy (non-hydrogen) atoms. The highest BCUT2D eigenvalue weighted by atomic mass is 14.9. The second-order valence-electron chi connectivity index (χ2n) is 7.34. The number of nitrogens with zero attached hydrogens (tertiary/aromatic N) is 2. The quantitative estimate of drug-likeness (QED) is 0.219. The Hall–Kier alpha value is -3.26. The van der Waals surface area contributed by atoms with Crippen LogP contribution >= 0.6 is 0 Å². The van der Waals surface area contributed by atoms with Crippen molar-refractivity contribution in [1.29, 1.82) is 0 Å². The summed E-state index contributed by atoms with van der Waals surface area (Å²) in [4.78, 5) is 0. The third-order valence-corrected chi connectivity index (χ3v) is 5.67. The van der Waals surface area contributed by atoms with Crippen LogP contribution in [0.1, 0.15) is 0 Å². The van der Waals surface area contributed by atoms with E-state index in [4.69, 9.17) is 0 Å². The van der Waals surface area contributed by atoms with Crippen molar-refractivity contribution < 1.29 is 9.13 Å². The van der Waals surface area contributed by atoms with Crippen LogP contribution in [0.4, 0.5) is 0 Å². The summed E-state index contributed by atoms with van der Waals surface area (Å²) < 4.78 is 4.39. The Labute approximate surface area is 150 Å². The van der Waals surface area contributed by atoms with Gasteiger partial charge in [-0.05, 0) is 21.5 Å². The first-order chi connectivity index (χ1) is 12.7. The van der Waals surface area contributed by atoms with E-state index in [1.54, 1.807) is 0 Å². The lowest BCUT2D eigenvalue weighted by atomic mass is 9.88. The molecule has 0 aliphatic carbocycles. The Morgan fingerprint density at radius 2 is 0.692 bits per heavy atom. The topological polar surface area (TPSA) is 7.76 Å². The van der Waals surface area contributed by atoms with Crippen LogP contribution < -0.4 is 9.13 Å². The van der Waals surface area contributed by atoms with E-state index in [9.17, 15) is 0 Å². The third-order valence-electron chi connectivity index (χ3n) is 5.67. The summed E-state index contributed by atoms with van der Waals surface area (Å²) in [5, 5.41) is 13.4. The van der Waals surface area contributed by atoms with Crippen molar-refractivity contribution in [2.75, 3.05) is 0 Å². The normalized spacial score (nSPS) is 12.2. The molecule has 0 aliphatic rings. The summed E-state index contributed by atoms with van der Waals surface area (Å²) in [6.07, 6.45) is 9.08.